The van der Waals surface area contributed by atoms with Crippen molar-refractivity contribution in [2.75, 3.05) is 33.3 Å². The predicted molar refractivity (Wildman–Crippen MR) is 111 cm³/mol. The Morgan fingerprint density at radius 1 is 1.25 bits per heavy atom. The van der Waals surface area contributed by atoms with Gasteiger partial charge in [0.05, 0.1) is 18.2 Å². The lowest BCUT2D eigenvalue weighted by atomic mass is 10.1. The van der Waals surface area contributed by atoms with Gasteiger partial charge in [0.2, 0.25) is 0 Å². The molecule has 0 unspecified atom stereocenters. The molecule has 0 aliphatic heterocycles. The number of H-pyrrole nitrogens is 1. The Hall–Kier alpha value is -2.93. The second-order valence-corrected chi connectivity index (χ2v) is 6.51. The number of pyridine rings is 1. The minimum atomic E-state index is -0.101. The van der Waals surface area contributed by atoms with Crippen LogP contribution in [0.4, 0.5) is 0 Å². The van der Waals surface area contributed by atoms with Crippen molar-refractivity contribution in [3.8, 4) is 17.1 Å². The summed E-state index contributed by atoms with van der Waals surface area (Å²) >= 11 is 0. The molecule has 0 saturated carbocycles. The van der Waals surface area contributed by atoms with Gasteiger partial charge in [0.1, 0.15) is 11.6 Å². The molecule has 0 bridgehead atoms. The number of methoxy groups -OCH3 is 1. The summed E-state index contributed by atoms with van der Waals surface area (Å²) in [4.78, 5) is 26.8. The van der Waals surface area contributed by atoms with Crippen LogP contribution in [0.5, 0.6) is 5.75 Å². The van der Waals surface area contributed by atoms with Crippen molar-refractivity contribution >= 4 is 17.1 Å². The maximum absolute atomic E-state index is 12.5. The maximum Gasteiger partial charge on any atom is 0.251 e. The molecular weight excluding hydrogens is 354 g/mol. The molecule has 7 nitrogen and oxygen atoms in total. The lowest BCUT2D eigenvalue weighted by molar-refractivity contribution is 0.0951. The number of imidazole rings is 1. The zero-order valence-corrected chi connectivity index (χ0v) is 16.7. The molecule has 148 valence electrons. The summed E-state index contributed by atoms with van der Waals surface area (Å²) < 4.78 is 5.51. The average Bonchev–Trinajstić information content (AvgIpc) is 3.17. The second-order valence-electron chi connectivity index (χ2n) is 6.51. The number of aromatic amines is 1. The van der Waals surface area contributed by atoms with Crippen LogP contribution in [0.2, 0.25) is 0 Å². The summed E-state index contributed by atoms with van der Waals surface area (Å²) in [5.41, 5.74) is 2.86. The number of hydrogen-bond donors (Lipinski definition) is 2. The molecule has 0 spiro atoms. The van der Waals surface area contributed by atoms with Gasteiger partial charge in [0.25, 0.3) is 5.91 Å². The summed E-state index contributed by atoms with van der Waals surface area (Å²) in [6, 6.07) is 9.16. The van der Waals surface area contributed by atoms with Crippen LogP contribution in [-0.2, 0) is 0 Å². The Morgan fingerprint density at radius 3 is 2.79 bits per heavy atom. The zero-order valence-electron chi connectivity index (χ0n) is 16.7. The highest BCUT2D eigenvalue weighted by atomic mass is 16.5. The Morgan fingerprint density at radius 2 is 2.07 bits per heavy atom. The van der Waals surface area contributed by atoms with Crippen LogP contribution in [0, 0.1) is 0 Å². The van der Waals surface area contributed by atoms with E-state index in [4.69, 9.17) is 4.74 Å². The number of carbonyl (C=O) groups is 1. The standard InChI is InChI=1S/C21H27N5O2/c1-4-26(5-2)13-7-12-23-21(27)15-9-10-16(18(14-15)28-3)19-24-17-8-6-11-22-20(17)25-19/h6,8-11,14H,4-5,7,12-13H2,1-3H3,(H,23,27)(H,22,24,25). The number of amides is 1. The normalized spacial score (nSPS) is 11.1. The lowest BCUT2D eigenvalue weighted by Gasteiger charge is -2.17. The van der Waals surface area contributed by atoms with E-state index in [1.807, 2.05) is 18.2 Å². The molecule has 3 rings (SSSR count). The highest BCUT2D eigenvalue weighted by Crippen LogP contribution is 2.30. The third-order valence-electron chi connectivity index (χ3n) is 4.81. The van der Waals surface area contributed by atoms with E-state index in [0.717, 1.165) is 37.1 Å². The van der Waals surface area contributed by atoms with Crippen molar-refractivity contribution in [2.24, 2.45) is 0 Å². The SMILES string of the molecule is CCN(CC)CCCNC(=O)c1ccc(-c2nc3ncccc3[nH]2)c(OC)c1. The van der Waals surface area contributed by atoms with Gasteiger partial charge in [-0.25, -0.2) is 9.97 Å². The maximum atomic E-state index is 12.5. The van der Waals surface area contributed by atoms with E-state index < -0.39 is 0 Å². The van der Waals surface area contributed by atoms with E-state index in [9.17, 15) is 4.79 Å². The summed E-state index contributed by atoms with van der Waals surface area (Å²) in [5.74, 6) is 1.15. The summed E-state index contributed by atoms with van der Waals surface area (Å²) in [7, 11) is 1.59. The van der Waals surface area contributed by atoms with Gasteiger partial charge in [-0.2, -0.15) is 0 Å². The monoisotopic (exact) mass is 381 g/mol. The smallest absolute Gasteiger partial charge is 0.251 e. The molecule has 28 heavy (non-hydrogen) atoms. The van der Waals surface area contributed by atoms with E-state index in [1.54, 1.807) is 25.4 Å². The van der Waals surface area contributed by atoms with Crippen LogP contribution >= 0.6 is 0 Å². The van der Waals surface area contributed by atoms with Gasteiger partial charge in [-0.1, -0.05) is 13.8 Å². The lowest BCUT2D eigenvalue weighted by Crippen LogP contribution is -2.29. The number of hydrogen-bond acceptors (Lipinski definition) is 5. The highest BCUT2D eigenvalue weighted by molar-refractivity contribution is 5.95. The van der Waals surface area contributed by atoms with Crippen molar-refractivity contribution in [3.05, 3.63) is 42.1 Å². The zero-order chi connectivity index (χ0) is 19.9. The molecule has 0 aliphatic rings. The van der Waals surface area contributed by atoms with Crippen molar-refractivity contribution in [3.63, 3.8) is 0 Å². The Balaban J connectivity index is 1.69. The third kappa shape index (κ3) is 4.48. The fourth-order valence-electron chi connectivity index (χ4n) is 3.15. The quantitative estimate of drug-likeness (QED) is 0.557. The van der Waals surface area contributed by atoms with Gasteiger partial charge < -0.3 is 19.9 Å². The van der Waals surface area contributed by atoms with Crippen LogP contribution in [0.3, 0.4) is 0 Å². The van der Waals surface area contributed by atoms with Crippen molar-refractivity contribution in [1.82, 2.24) is 25.2 Å². The van der Waals surface area contributed by atoms with E-state index in [0.29, 0.717) is 29.3 Å². The van der Waals surface area contributed by atoms with E-state index in [-0.39, 0.29) is 5.91 Å². The Labute approximate surface area is 165 Å². The van der Waals surface area contributed by atoms with Crippen LogP contribution in [-0.4, -0.2) is 59.0 Å². The van der Waals surface area contributed by atoms with Gasteiger partial charge in [-0.15, -0.1) is 0 Å². The number of nitrogens with one attached hydrogen (secondary N) is 2. The molecule has 0 saturated heterocycles. The van der Waals surface area contributed by atoms with E-state index in [1.165, 1.54) is 0 Å². The first-order chi connectivity index (χ1) is 13.7. The molecule has 3 aromatic rings. The molecule has 2 heterocycles. The highest BCUT2D eigenvalue weighted by Gasteiger charge is 2.14. The van der Waals surface area contributed by atoms with Crippen LogP contribution in [0.1, 0.15) is 30.6 Å². The molecule has 1 aromatic carbocycles. The molecule has 2 aromatic heterocycles. The molecule has 2 N–H and O–H groups in total. The van der Waals surface area contributed by atoms with Gasteiger partial charge >= 0.3 is 0 Å². The summed E-state index contributed by atoms with van der Waals surface area (Å²) in [5, 5.41) is 2.98. The molecule has 7 heteroatoms. The topological polar surface area (TPSA) is 83.1 Å². The van der Waals surface area contributed by atoms with Gasteiger partial charge in [0, 0.05) is 18.3 Å². The molecule has 0 fully saturated rings. The van der Waals surface area contributed by atoms with Crippen LogP contribution in [0.25, 0.3) is 22.6 Å². The van der Waals surface area contributed by atoms with Crippen LogP contribution in [0.15, 0.2) is 36.5 Å². The van der Waals surface area contributed by atoms with E-state index >= 15 is 0 Å². The minimum Gasteiger partial charge on any atom is -0.496 e. The number of nitrogens with zero attached hydrogens (tertiary/aromatic N) is 3. The van der Waals surface area contributed by atoms with Gasteiger partial charge in [-0.3, -0.25) is 4.79 Å². The molecule has 0 radical (unpaired) electrons. The van der Waals surface area contributed by atoms with Crippen molar-refractivity contribution in [1.29, 1.82) is 0 Å². The number of ether oxygens (including phenoxy) is 1. The minimum absolute atomic E-state index is 0.101. The summed E-state index contributed by atoms with van der Waals surface area (Å²) in [6.45, 7) is 7.98. The van der Waals surface area contributed by atoms with Gasteiger partial charge in [0.15, 0.2) is 5.65 Å². The molecule has 0 aliphatic carbocycles. The number of benzene rings is 1. The van der Waals surface area contributed by atoms with Crippen molar-refractivity contribution < 1.29 is 9.53 Å². The fourth-order valence-corrected chi connectivity index (χ4v) is 3.15. The first-order valence-electron chi connectivity index (χ1n) is 9.66. The third-order valence-corrected chi connectivity index (χ3v) is 4.81. The molecule has 0 atom stereocenters. The predicted octanol–water partition coefficient (Wildman–Crippen LogP) is 3.10. The number of carbonyl (C=O) groups excluding carboxylic acids is 1. The fraction of sp³-hybridized carbons (Fsp3) is 0.381. The van der Waals surface area contributed by atoms with Crippen LogP contribution < -0.4 is 10.1 Å². The summed E-state index contributed by atoms with van der Waals surface area (Å²) in [6.07, 6.45) is 2.63. The Kier molecular flexibility index (Phi) is 6.60. The van der Waals surface area contributed by atoms with Gasteiger partial charge in [-0.05, 0) is 56.4 Å². The molecule has 1 amide bonds. The largest absolute Gasteiger partial charge is 0.496 e. The number of aromatic nitrogens is 3. The Bertz CT molecular complexity index is 900. The van der Waals surface area contributed by atoms with Crippen molar-refractivity contribution in [2.45, 2.75) is 20.3 Å². The average molecular weight is 381 g/mol. The number of fused-ring (bicyclic) bond motifs is 1. The molecular formula is C21H27N5O2. The first kappa shape index (κ1) is 19.8. The second kappa shape index (κ2) is 9.32. The van der Waals surface area contributed by atoms with E-state index in [2.05, 4.69) is 39.0 Å². The number of rotatable bonds is 9. The first-order valence-corrected chi connectivity index (χ1v) is 9.66.